The summed E-state index contributed by atoms with van der Waals surface area (Å²) in [6, 6.07) is 6.28. The molecule has 0 saturated carbocycles. The topological polar surface area (TPSA) is 17.3 Å². The van der Waals surface area contributed by atoms with Crippen LogP contribution < -0.4 is 0 Å². The van der Waals surface area contributed by atoms with Crippen molar-refractivity contribution in [2.45, 2.75) is 26.7 Å². The largest absolute Gasteiger partial charge is 0.238 e. The van der Waals surface area contributed by atoms with Crippen LogP contribution in [0.1, 0.15) is 31.0 Å². The molecule has 0 bridgehead atoms. The summed E-state index contributed by atoms with van der Waals surface area (Å²) in [6.45, 7) is 6.54. The van der Waals surface area contributed by atoms with Crippen LogP contribution in [0.2, 0.25) is 0 Å². The van der Waals surface area contributed by atoms with Gasteiger partial charge in [-0.2, -0.15) is 5.10 Å². The van der Waals surface area contributed by atoms with Crippen LogP contribution in [0.3, 0.4) is 0 Å². The van der Waals surface area contributed by atoms with Gasteiger partial charge in [-0.1, -0.05) is 13.8 Å². The summed E-state index contributed by atoms with van der Waals surface area (Å²) in [5, 5.41) is 4.30. The number of fused-ring (bicyclic) bond motifs is 1. The highest BCUT2D eigenvalue weighted by Gasteiger charge is 2.08. The Balaban J connectivity index is 2.74. The van der Waals surface area contributed by atoms with Gasteiger partial charge in [-0.15, -0.1) is 0 Å². The second-order valence-corrected chi connectivity index (χ2v) is 3.70. The Kier molecular flexibility index (Phi) is 1.83. The predicted octanol–water partition coefficient (Wildman–Crippen LogP) is 2.77. The zero-order chi connectivity index (χ0) is 9.42. The van der Waals surface area contributed by atoms with E-state index in [2.05, 4.69) is 38.0 Å². The molecule has 0 aliphatic carbocycles. The van der Waals surface area contributed by atoms with E-state index in [1.54, 1.807) is 0 Å². The van der Waals surface area contributed by atoms with Crippen molar-refractivity contribution in [3.63, 3.8) is 0 Å². The SMILES string of the molecule is Cc1c(C(C)C)cc2cccnn12. The molecule has 0 aromatic carbocycles. The summed E-state index contributed by atoms with van der Waals surface area (Å²) in [7, 11) is 0. The standard InChI is InChI=1S/C11H14N2/c1-8(2)11-7-10-5-4-6-12-13(10)9(11)3/h4-8H,1-3H3. The van der Waals surface area contributed by atoms with Gasteiger partial charge in [0.1, 0.15) is 0 Å². The molecule has 0 fully saturated rings. The maximum absolute atomic E-state index is 4.30. The first kappa shape index (κ1) is 8.30. The van der Waals surface area contributed by atoms with Crippen LogP contribution in [0.5, 0.6) is 0 Å². The molecule has 0 aliphatic heterocycles. The molecule has 0 aliphatic rings. The molecule has 2 aromatic heterocycles. The number of hydrogen-bond donors (Lipinski definition) is 0. The maximum Gasteiger partial charge on any atom is 0.0652 e. The average Bonchev–Trinajstić information content (AvgIpc) is 2.45. The Morgan fingerprint density at radius 3 is 2.77 bits per heavy atom. The highest BCUT2D eigenvalue weighted by molar-refractivity contribution is 5.52. The second kappa shape index (κ2) is 2.87. The lowest BCUT2D eigenvalue weighted by Crippen LogP contribution is -1.94. The normalized spacial score (nSPS) is 11.4. The van der Waals surface area contributed by atoms with Crippen LogP contribution in [0.4, 0.5) is 0 Å². The summed E-state index contributed by atoms with van der Waals surface area (Å²) < 4.78 is 2.00. The van der Waals surface area contributed by atoms with E-state index in [4.69, 9.17) is 0 Å². The van der Waals surface area contributed by atoms with Crippen molar-refractivity contribution in [2.75, 3.05) is 0 Å². The van der Waals surface area contributed by atoms with Crippen molar-refractivity contribution in [3.8, 4) is 0 Å². The molecule has 0 N–H and O–H groups in total. The molecule has 0 spiro atoms. The third kappa shape index (κ3) is 1.22. The molecule has 0 radical (unpaired) electrons. The Morgan fingerprint density at radius 2 is 2.15 bits per heavy atom. The number of nitrogens with zero attached hydrogens (tertiary/aromatic N) is 2. The highest BCUT2D eigenvalue weighted by atomic mass is 15.2. The molecular weight excluding hydrogens is 160 g/mol. The number of aromatic nitrogens is 2. The van der Waals surface area contributed by atoms with E-state index in [1.807, 2.05) is 16.8 Å². The number of rotatable bonds is 1. The van der Waals surface area contributed by atoms with Crippen LogP contribution in [-0.4, -0.2) is 9.61 Å². The van der Waals surface area contributed by atoms with E-state index < -0.39 is 0 Å². The molecule has 2 aromatic rings. The summed E-state index contributed by atoms with van der Waals surface area (Å²) in [5.41, 5.74) is 3.83. The number of aryl methyl sites for hydroxylation is 1. The first-order valence-corrected chi connectivity index (χ1v) is 4.63. The van der Waals surface area contributed by atoms with Gasteiger partial charge in [0, 0.05) is 11.9 Å². The van der Waals surface area contributed by atoms with Gasteiger partial charge in [-0.25, -0.2) is 4.52 Å². The minimum absolute atomic E-state index is 0.571. The van der Waals surface area contributed by atoms with Crippen LogP contribution in [-0.2, 0) is 0 Å². The van der Waals surface area contributed by atoms with Crippen LogP contribution in [0.25, 0.3) is 5.52 Å². The van der Waals surface area contributed by atoms with E-state index >= 15 is 0 Å². The smallest absolute Gasteiger partial charge is 0.0652 e. The quantitative estimate of drug-likeness (QED) is 0.649. The minimum Gasteiger partial charge on any atom is -0.238 e. The molecule has 0 unspecified atom stereocenters. The molecule has 13 heavy (non-hydrogen) atoms. The number of hydrogen-bond acceptors (Lipinski definition) is 1. The van der Waals surface area contributed by atoms with Gasteiger partial charge in [0.25, 0.3) is 0 Å². The van der Waals surface area contributed by atoms with Crippen molar-refractivity contribution in [1.29, 1.82) is 0 Å². The predicted molar refractivity (Wildman–Crippen MR) is 54.0 cm³/mol. The minimum atomic E-state index is 0.571. The van der Waals surface area contributed by atoms with E-state index in [1.165, 1.54) is 16.8 Å². The third-order valence-corrected chi connectivity index (χ3v) is 2.44. The lowest BCUT2D eigenvalue weighted by molar-refractivity contribution is 0.826. The zero-order valence-corrected chi connectivity index (χ0v) is 8.28. The molecular formula is C11H14N2. The summed E-state index contributed by atoms with van der Waals surface area (Å²) in [6.07, 6.45) is 1.82. The van der Waals surface area contributed by atoms with E-state index in [9.17, 15) is 0 Å². The third-order valence-electron chi connectivity index (χ3n) is 2.44. The van der Waals surface area contributed by atoms with Gasteiger partial charge in [0.05, 0.1) is 5.52 Å². The lowest BCUT2D eigenvalue weighted by atomic mass is 10.0. The van der Waals surface area contributed by atoms with Crippen LogP contribution in [0.15, 0.2) is 24.4 Å². The zero-order valence-electron chi connectivity index (χ0n) is 8.28. The molecule has 0 amide bonds. The van der Waals surface area contributed by atoms with E-state index in [-0.39, 0.29) is 0 Å². The van der Waals surface area contributed by atoms with Gasteiger partial charge >= 0.3 is 0 Å². The van der Waals surface area contributed by atoms with Crippen molar-refractivity contribution < 1.29 is 0 Å². The molecule has 2 heteroatoms. The van der Waals surface area contributed by atoms with Crippen molar-refractivity contribution in [3.05, 3.63) is 35.7 Å². The fourth-order valence-corrected chi connectivity index (χ4v) is 1.74. The Morgan fingerprint density at radius 1 is 1.38 bits per heavy atom. The molecule has 2 rings (SSSR count). The van der Waals surface area contributed by atoms with Gasteiger partial charge < -0.3 is 0 Å². The fraction of sp³-hybridized carbons (Fsp3) is 0.364. The summed E-state index contributed by atoms with van der Waals surface area (Å²) in [5.74, 6) is 0.571. The molecule has 2 heterocycles. The fourth-order valence-electron chi connectivity index (χ4n) is 1.74. The van der Waals surface area contributed by atoms with Gasteiger partial charge in [0.2, 0.25) is 0 Å². The lowest BCUT2D eigenvalue weighted by Gasteiger charge is -2.02. The Bertz CT molecular complexity index is 427. The van der Waals surface area contributed by atoms with Crippen LogP contribution in [0, 0.1) is 6.92 Å². The van der Waals surface area contributed by atoms with Crippen molar-refractivity contribution in [2.24, 2.45) is 0 Å². The first-order valence-electron chi connectivity index (χ1n) is 4.63. The van der Waals surface area contributed by atoms with Crippen molar-refractivity contribution in [1.82, 2.24) is 9.61 Å². The molecule has 0 saturated heterocycles. The van der Waals surface area contributed by atoms with Gasteiger partial charge in [-0.05, 0) is 36.6 Å². The molecule has 0 atom stereocenters. The van der Waals surface area contributed by atoms with E-state index in [0.29, 0.717) is 5.92 Å². The summed E-state index contributed by atoms with van der Waals surface area (Å²) in [4.78, 5) is 0. The summed E-state index contributed by atoms with van der Waals surface area (Å²) >= 11 is 0. The van der Waals surface area contributed by atoms with Gasteiger partial charge in [-0.3, -0.25) is 0 Å². The molecule has 2 nitrogen and oxygen atoms in total. The Labute approximate surface area is 78.2 Å². The first-order chi connectivity index (χ1) is 6.20. The monoisotopic (exact) mass is 174 g/mol. The van der Waals surface area contributed by atoms with Crippen LogP contribution >= 0.6 is 0 Å². The second-order valence-electron chi connectivity index (χ2n) is 3.70. The van der Waals surface area contributed by atoms with Crippen molar-refractivity contribution >= 4 is 5.52 Å². The molecule has 68 valence electrons. The van der Waals surface area contributed by atoms with Gasteiger partial charge in [0.15, 0.2) is 0 Å². The maximum atomic E-state index is 4.30. The average molecular weight is 174 g/mol. The van der Waals surface area contributed by atoms with E-state index in [0.717, 1.165) is 0 Å². The highest BCUT2D eigenvalue weighted by Crippen LogP contribution is 2.22. The Hall–Kier alpha value is -1.31.